The van der Waals surface area contributed by atoms with E-state index < -0.39 is 0 Å². The van der Waals surface area contributed by atoms with E-state index in [4.69, 9.17) is 4.74 Å². The molecule has 5 atom stereocenters. The molecule has 180 valence electrons. The summed E-state index contributed by atoms with van der Waals surface area (Å²) >= 11 is 0. The zero-order chi connectivity index (χ0) is 24.2. The Labute approximate surface area is 208 Å². The average Bonchev–Trinajstić information content (AvgIpc) is 3.22. The van der Waals surface area contributed by atoms with Crippen molar-refractivity contribution >= 4 is 11.5 Å². The third-order valence-electron chi connectivity index (χ3n) is 9.61. The van der Waals surface area contributed by atoms with E-state index in [0.717, 1.165) is 31.2 Å². The first-order valence-electron chi connectivity index (χ1n) is 13.0. The molecule has 0 unspecified atom stereocenters. The van der Waals surface area contributed by atoms with Crippen LogP contribution in [-0.2, 0) is 4.74 Å². The van der Waals surface area contributed by atoms with Gasteiger partial charge in [-0.1, -0.05) is 49.3 Å². The van der Waals surface area contributed by atoms with Gasteiger partial charge in [0.05, 0.1) is 5.56 Å². The van der Waals surface area contributed by atoms with Crippen LogP contribution in [-0.4, -0.2) is 22.0 Å². The van der Waals surface area contributed by atoms with Crippen molar-refractivity contribution in [3.63, 3.8) is 0 Å². The summed E-state index contributed by atoms with van der Waals surface area (Å²) in [5, 5.41) is 0. The largest absolute Gasteiger partial charge is 0.458 e. The minimum Gasteiger partial charge on any atom is -0.458 e. The highest BCUT2D eigenvalue weighted by Gasteiger charge is 2.54. The van der Waals surface area contributed by atoms with Crippen LogP contribution < -0.4 is 0 Å². The number of ether oxygens (including phenoxy) is 1. The molecule has 0 amide bonds. The Kier molecular flexibility index (Phi) is 5.32. The molecule has 0 aromatic carbocycles. The second-order valence-corrected chi connectivity index (χ2v) is 11.4. The molecule has 0 spiro atoms. The van der Waals surface area contributed by atoms with Crippen LogP contribution in [0.1, 0.15) is 73.9 Å². The molecular weight excluding hydrogens is 432 g/mol. The number of pyridine rings is 2. The molecule has 0 bridgehead atoms. The lowest BCUT2D eigenvalue weighted by Gasteiger charge is -2.56. The summed E-state index contributed by atoms with van der Waals surface area (Å²) in [5.74, 6) is 1.00. The minimum absolute atomic E-state index is 0.0450. The average molecular weight is 467 g/mol. The zero-order valence-electron chi connectivity index (χ0n) is 21.0. The summed E-state index contributed by atoms with van der Waals surface area (Å²) in [6, 6.07) is 6.10. The van der Waals surface area contributed by atoms with Gasteiger partial charge in [0, 0.05) is 36.6 Å². The Morgan fingerprint density at radius 1 is 1.06 bits per heavy atom. The van der Waals surface area contributed by atoms with Crippen LogP contribution >= 0.6 is 0 Å². The Hall–Kier alpha value is -3.01. The molecule has 0 saturated heterocycles. The van der Waals surface area contributed by atoms with Gasteiger partial charge in [-0.15, -0.1) is 0 Å². The molecule has 2 heterocycles. The summed E-state index contributed by atoms with van der Waals surface area (Å²) in [7, 11) is 0. The van der Waals surface area contributed by atoms with Crippen LogP contribution in [0.25, 0.3) is 5.57 Å². The minimum atomic E-state index is -0.239. The molecule has 2 fully saturated rings. The number of fused-ring (bicyclic) bond motifs is 5. The Morgan fingerprint density at radius 2 is 1.91 bits per heavy atom. The van der Waals surface area contributed by atoms with Crippen molar-refractivity contribution in [3.8, 4) is 0 Å². The topological polar surface area (TPSA) is 52.1 Å². The molecule has 0 aliphatic heterocycles. The molecule has 4 heteroatoms. The third-order valence-corrected chi connectivity index (χ3v) is 9.61. The zero-order valence-corrected chi connectivity index (χ0v) is 21.0. The first-order chi connectivity index (χ1) is 16.9. The van der Waals surface area contributed by atoms with Gasteiger partial charge in [-0.05, 0) is 85.1 Å². The first kappa shape index (κ1) is 22.5. The Balaban J connectivity index is 1.21. The van der Waals surface area contributed by atoms with E-state index in [1.807, 2.05) is 31.5 Å². The molecule has 0 N–H and O–H groups in total. The normalized spacial score (nSPS) is 33.5. The quantitative estimate of drug-likeness (QED) is 0.365. The molecule has 0 radical (unpaired) electrons. The fourth-order valence-electron chi connectivity index (χ4n) is 7.57. The maximum atomic E-state index is 12.8. The molecule has 4 aliphatic carbocycles. The van der Waals surface area contributed by atoms with Gasteiger partial charge in [-0.2, -0.15) is 0 Å². The molecule has 2 saturated carbocycles. The van der Waals surface area contributed by atoms with E-state index in [1.165, 1.54) is 29.6 Å². The maximum absolute atomic E-state index is 12.8. The van der Waals surface area contributed by atoms with Crippen LogP contribution in [0.4, 0.5) is 0 Å². The number of aryl methyl sites for hydroxylation is 1. The van der Waals surface area contributed by atoms with E-state index in [1.54, 1.807) is 18.0 Å². The van der Waals surface area contributed by atoms with Crippen molar-refractivity contribution in [2.45, 2.75) is 65.4 Å². The second kappa shape index (κ2) is 8.29. The van der Waals surface area contributed by atoms with Crippen molar-refractivity contribution in [1.82, 2.24) is 9.97 Å². The predicted molar refractivity (Wildman–Crippen MR) is 137 cm³/mol. The van der Waals surface area contributed by atoms with Gasteiger partial charge in [0.25, 0.3) is 0 Å². The van der Waals surface area contributed by atoms with Gasteiger partial charge in [-0.3, -0.25) is 9.97 Å². The molecule has 6 rings (SSSR count). The number of hydrogen-bond donors (Lipinski definition) is 0. The highest BCUT2D eigenvalue weighted by molar-refractivity contribution is 5.90. The van der Waals surface area contributed by atoms with Crippen molar-refractivity contribution in [2.24, 2.45) is 22.7 Å². The van der Waals surface area contributed by atoms with Crippen LogP contribution in [0.3, 0.4) is 0 Å². The summed E-state index contributed by atoms with van der Waals surface area (Å²) in [5.41, 5.74) is 7.60. The third kappa shape index (κ3) is 3.52. The van der Waals surface area contributed by atoms with Gasteiger partial charge in [0.15, 0.2) is 0 Å². The van der Waals surface area contributed by atoms with Crippen LogP contribution in [0.15, 0.2) is 72.4 Å². The summed E-state index contributed by atoms with van der Waals surface area (Å²) in [6.45, 7) is 6.86. The second-order valence-electron chi connectivity index (χ2n) is 11.4. The summed E-state index contributed by atoms with van der Waals surface area (Å²) < 4.78 is 5.99. The standard InChI is InChI=1S/C31H34N2O2/c1-20-12-16-33-19-25(20)29(34)35-23-10-13-30(2)22(17-23)6-7-24-27-9-8-26(21-5-4-15-32-18-21)31(27,3)14-11-28(24)30/h4-6,8-9,12,15-16,18-19,23-24,28H,7,10-11,13-14,17H2,1-3H3/t23-,24-,28-,30-,31+/m0/s1. The van der Waals surface area contributed by atoms with E-state index in [2.05, 4.69) is 48.1 Å². The molecule has 2 aromatic heterocycles. The fourth-order valence-corrected chi connectivity index (χ4v) is 7.57. The number of nitrogens with zero attached hydrogens (tertiary/aromatic N) is 2. The van der Waals surface area contributed by atoms with Gasteiger partial charge in [0.2, 0.25) is 0 Å². The number of carbonyl (C=O) groups is 1. The summed E-state index contributed by atoms with van der Waals surface area (Å²) in [4.78, 5) is 21.3. The maximum Gasteiger partial charge on any atom is 0.340 e. The van der Waals surface area contributed by atoms with Gasteiger partial charge >= 0.3 is 5.97 Å². The number of aromatic nitrogens is 2. The molecule has 35 heavy (non-hydrogen) atoms. The van der Waals surface area contributed by atoms with E-state index in [0.29, 0.717) is 17.4 Å². The number of hydrogen-bond acceptors (Lipinski definition) is 4. The lowest BCUT2D eigenvalue weighted by Crippen LogP contribution is -2.47. The highest BCUT2D eigenvalue weighted by atomic mass is 16.5. The number of esters is 1. The number of carbonyl (C=O) groups excluding carboxylic acids is 1. The SMILES string of the molecule is Cc1ccncc1C(=O)O[C@H]1CC[C@@]2(C)C(=CC[C@H]3C4=CC=C(c5cccnc5)[C@@]4(C)CC[C@@H]32)C1. The molecule has 4 nitrogen and oxygen atoms in total. The summed E-state index contributed by atoms with van der Waals surface area (Å²) in [6.07, 6.45) is 20.8. The number of allylic oxidation sites excluding steroid dienone is 5. The Morgan fingerprint density at radius 3 is 2.71 bits per heavy atom. The molecule has 4 aliphatic rings. The van der Waals surface area contributed by atoms with Gasteiger partial charge < -0.3 is 4.74 Å². The van der Waals surface area contributed by atoms with Gasteiger partial charge in [-0.25, -0.2) is 4.79 Å². The predicted octanol–water partition coefficient (Wildman–Crippen LogP) is 6.89. The lowest BCUT2D eigenvalue weighted by molar-refractivity contribution is 0.00237. The van der Waals surface area contributed by atoms with Crippen molar-refractivity contribution in [3.05, 3.63) is 89.1 Å². The van der Waals surface area contributed by atoms with E-state index in [9.17, 15) is 4.79 Å². The van der Waals surface area contributed by atoms with Crippen molar-refractivity contribution < 1.29 is 9.53 Å². The van der Waals surface area contributed by atoms with Gasteiger partial charge in [0.1, 0.15) is 6.10 Å². The van der Waals surface area contributed by atoms with E-state index >= 15 is 0 Å². The monoisotopic (exact) mass is 466 g/mol. The van der Waals surface area contributed by atoms with Crippen molar-refractivity contribution in [2.75, 3.05) is 0 Å². The van der Waals surface area contributed by atoms with Crippen LogP contribution in [0, 0.1) is 29.6 Å². The first-order valence-corrected chi connectivity index (χ1v) is 13.0. The fraction of sp³-hybridized carbons (Fsp3) is 0.452. The molecule has 2 aromatic rings. The van der Waals surface area contributed by atoms with E-state index in [-0.39, 0.29) is 22.9 Å². The van der Waals surface area contributed by atoms with Crippen LogP contribution in [0.2, 0.25) is 0 Å². The lowest BCUT2D eigenvalue weighted by atomic mass is 9.49. The smallest absolute Gasteiger partial charge is 0.340 e. The number of rotatable bonds is 3. The Bertz CT molecular complexity index is 1260. The molecular formula is C31H34N2O2. The highest BCUT2D eigenvalue weighted by Crippen LogP contribution is 2.64. The van der Waals surface area contributed by atoms with Crippen molar-refractivity contribution in [1.29, 1.82) is 0 Å². The van der Waals surface area contributed by atoms with Crippen LogP contribution in [0.5, 0.6) is 0 Å².